The second-order valence-corrected chi connectivity index (χ2v) is 15.0. The third-order valence-corrected chi connectivity index (χ3v) is 12.5. The van der Waals surface area contributed by atoms with Crippen molar-refractivity contribution in [1.29, 1.82) is 0 Å². The van der Waals surface area contributed by atoms with Gasteiger partial charge in [-0.15, -0.1) is 11.3 Å². The van der Waals surface area contributed by atoms with E-state index < -0.39 is 5.41 Å². The Balaban J connectivity index is 1.20. The molecule has 0 unspecified atom stereocenters. The Morgan fingerprint density at radius 2 is 1.06 bits per heavy atom. The van der Waals surface area contributed by atoms with Crippen LogP contribution in [-0.2, 0) is 11.8 Å². The number of fused-ring (bicyclic) bond motifs is 13. The van der Waals surface area contributed by atoms with Gasteiger partial charge in [0.25, 0.3) is 0 Å². The average molecular weight is 668 g/mol. The highest BCUT2D eigenvalue weighted by atomic mass is 32.1. The quantitative estimate of drug-likeness (QED) is 0.181. The van der Waals surface area contributed by atoms with Crippen LogP contribution in [0, 0.1) is 0 Å². The molecule has 1 aromatic heterocycles. The minimum Gasteiger partial charge on any atom is -0.310 e. The molecule has 3 aliphatic rings. The van der Waals surface area contributed by atoms with Crippen molar-refractivity contribution in [2.24, 2.45) is 0 Å². The molecule has 1 nitrogen and oxygen atoms in total. The molecule has 11 rings (SSSR count). The number of hydrogen-bond donors (Lipinski definition) is 0. The third-order valence-electron chi connectivity index (χ3n) is 11.4. The highest BCUT2D eigenvalue weighted by Crippen LogP contribution is 2.63. The number of aryl methyl sites for hydroxylation is 1. The van der Waals surface area contributed by atoms with E-state index in [1.807, 2.05) is 11.3 Å². The van der Waals surface area contributed by atoms with E-state index in [1.54, 1.807) is 0 Å². The molecule has 0 radical (unpaired) electrons. The smallest absolute Gasteiger partial charge is 0.0726 e. The molecule has 0 amide bonds. The van der Waals surface area contributed by atoms with Crippen molar-refractivity contribution in [2.75, 3.05) is 4.90 Å². The maximum Gasteiger partial charge on any atom is 0.0726 e. The largest absolute Gasteiger partial charge is 0.310 e. The summed E-state index contributed by atoms with van der Waals surface area (Å²) in [6.07, 6.45) is 6.87. The van der Waals surface area contributed by atoms with Gasteiger partial charge in [-0.2, -0.15) is 0 Å². The topological polar surface area (TPSA) is 3.24 Å². The van der Waals surface area contributed by atoms with Crippen LogP contribution in [0.15, 0.2) is 170 Å². The molecule has 0 fully saturated rings. The maximum atomic E-state index is 2.50. The van der Waals surface area contributed by atoms with Gasteiger partial charge in [0, 0.05) is 26.5 Å². The van der Waals surface area contributed by atoms with Crippen molar-refractivity contribution in [3.63, 3.8) is 0 Å². The SMILES string of the molecule is C1=Cc2sc3cc(N(c4ccc5c(c4)C4(c6ccccc6-c6ccccc64)c4ccccc4-5)c4ccccc4-c4ccccc4)ccc3c2CC1. The van der Waals surface area contributed by atoms with Gasteiger partial charge in [0.05, 0.1) is 11.1 Å². The van der Waals surface area contributed by atoms with Crippen molar-refractivity contribution >= 4 is 44.6 Å². The highest BCUT2D eigenvalue weighted by molar-refractivity contribution is 7.20. The lowest BCUT2D eigenvalue weighted by Gasteiger charge is -2.32. The van der Waals surface area contributed by atoms with Crippen LogP contribution in [0.1, 0.15) is 39.1 Å². The van der Waals surface area contributed by atoms with Crippen LogP contribution in [0.3, 0.4) is 0 Å². The van der Waals surface area contributed by atoms with Crippen LogP contribution in [0.5, 0.6) is 0 Å². The summed E-state index contributed by atoms with van der Waals surface area (Å²) in [5.74, 6) is 0. The minimum atomic E-state index is -0.400. The van der Waals surface area contributed by atoms with Gasteiger partial charge in [0.15, 0.2) is 0 Å². The number of rotatable bonds is 4. The lowest BCUT2D eigenvalue weighted by atomic mass is 9.70. The van der Waals surface area contributed by atoms with Gasteiger partial charge >= 0.3 is 0 Å². The lowest BCUT2D eigenvalue weighted by molar-refractivity contribution is 0.793. The molecule has 2 heteroatoms. The molecule has 0 saturated carbocycles. The van der Waals surface area contributed by atoms with E-state index in [0.717, 1.165) is 18.5 Å². The normalized spacial score (nSPS) is 14.2. The fraction of sp³-hybridized carbons (Fsp3) is 0.0612. The lowest BCUT2D eigenvalue weighted by Crippen LogP contribution is -2.26. The molecule has 3 aliphatic carbocycles. The van der Waals surface area contributed by atoms with Gasteiger partial charge in [-0.1, -0.05) is 140 Å². The van der Waals surface area contributed by atoms with Gasteiger partial charge in [-0.3, -0.25) is 0 Å². The van der Waals surface area contributed by atoms with E-state index in [4.69, 9.17) is 0 Å². The van der Waals surface area contributed by atoms with Gasteiger partial charge in [0.1, 0.15) is 0 Å². The van der Waals surface area contributed by atoms with Crippen molar-refractivity contribution < 1.29 is 0 Å². The summed E-state index contributed by atoms with van der Waals surface area (Å²) in [5, 5.41) is 1.39. The Kier molecular flexibility index (Phi) is 6.23. The number of anilines is 3. The standard InChI is InChI=1S/C49H33NS/c1-2-14-32(15-3-1)35-16-7-12-24-46(35)50(34-27-29-41-40-20-8-13-25-47(40)51-48(41)31-34)33-26-28-39-38-19-6-11-23-44(38)49(45(39)30-33)42-21-9-4-17-36(42)37-18-5-10-22-43(37)49/h1-7,9-19,21-31H,8,20H2. The number of hydrogen-bond acceptors (Lipinski definition) is 2. The molecular weight excluding hydrogens is 635 g/mol. The molecular formula is C49H33NS. The van der Waals surface area contributed by atoms with E-state index in [1.165, 1.54) is 87.5 Å². The first-order valence-corrected chi connectivity index (χ1v) is 18.7. The first kappa shape index (κ1) is 28.8. The van der Waals surface area contributed by atoms with Crippen molar-refractivity contribution in [3.8, 4) is 33.4 Å². The molecule has 8 aromatic rings. The molecule has 0 aliphatic heterocycles. The Hall–Kier alpha value is -5.96. The first-order valence-electron chi connectivity index (χ1n) is 17.9. The molecule has 7 aromatic carbocycles. The zero-order valence-electron chi connectivity index (χ0n) is 28.0. The fourth-order valence-corrected chi connectivity index (χ4v) is 10.5. The van der Waals surface area contributed by atoms with Gasteiger partial charge < -0.3 is 4.90 Å². The number of thiophene rings is 1. The fourth-order valence-electron chi connectivity index (χ4n) is 9.29. The summed E-state index contributed by atoms with van der Waals surface area (Å²) < 4.78 is 1.34. The van der Waals surface area contributed by atoms with Crippen LogP contribution < -0.4 is 4.90 Å². The molecule has 51 heavy (non-hydrogen) atoms. The zero-order valence-corrected chi connectivity index (χ0v) is 28.8. The van der Waals surface area contributed by atoms with Crippen molar-refractivity contribution in [3.05, 3.63) is 203 Å². The maximum absolute atomic E-state index is 2.50. The summed E-state index contributed by atoms with van der Waals surface area (Å²) in [5.41, 5.74) is 17.7. The molecule has 0 saturated heterocycles. The zero-order chi connectivity index (χ0) is 33.5. The van der Waals surface area contributed by atoms with E-state index in [2.05, 4.69) is 181 Å². The average Bonchev–Trinajstić information content (AvgIpc) is 3.82. The van der Waals surface area contributed by atoms with Crippen molar-refractivity contribution in [1.82, 2.24) is 0 Å². The Morgan fingerprint density at radius 3 is 1.76 bits per heavy atom. The van der Waals surface area contributed by atoms with E-state index in [9.17, 15) is 0 Å². The van der Waals surface area contributed by atoms with Crippen molar-refractivity contribution in [2.45, 2.75) is 18.3 Å². The van der Waals surface area contributed by atoms with Crippen LogP contribution in [-0.4, -0.2) is 0 Å². The molecule has 1 heterocycles. The molecule has 240 valence electrons. The van der Waals surface area contributed by atoms with Gasteiger partial charge in [-0.25, -0.2) is 0 Å². The number of nitrogens with zero attached hydrogens (tertiary/aromatic N) is 1. The van der Waals surface area contributed by atoms with Gasteiger partial charge in [-0.05, 0) is 110 Å². The molecule has 1 spiro atoms. The van der Waals surface area contributed by atoms with Crippen LogP contribution in [0.2, 0.25) is 0 Å². The minimum absolute atomic E-state index is 0.400. The number of benzene rings is 7. The summed E-state index contributed by atoms with van der Waals surface area (Å²) in [6.45, 7) is 0. The summed E-state index contributed by atoms with van der Waals surface area (Å²) in [6, 6.07) is 61.3. The summed E-state index contributed by atoms with van der Waals surface area (Å²) in [7, 11) is 0. The van der Waals surface area contributed by atoms with Gasteiger partial charge in [0.2, 0.25) is 0 Å². The first-order chi connectivity index (χ1) is 25.3. The van der Waals surface area contributed by atoms with E-state index in [0.29, 0.717) is 0 Å². The number of para-hydroxylation sites is 1. The summed E-state index contributed by atoms with van der Waals surface area (Å²) in [4.78, 5) is 3.90. The van der Waals surface area contributed by atoms with E-state index in [-0.39, 0.29) is 0 Å². The molecule has 0 N–H and O–H groups in total. The highest BCUT2D eigenvalue weighted by Gasteiger charge is 2.51. The van der Waals surface area contributed by atoms with Crippen LogP contribution in [0.25, 0.3) is 49.5 Å². The molecule has 0 bridgehead atoms. The predicted octanol–water partition coefficient (Wildman–Crippen LogP) is 13.3. The molecule has 0 atom stereocenters. The number of allylic oxidation sites excluding steroid dienone is 1. The van der Waals surface area contributed by atoms with Crippen LogP contribution >= 0.6 is 11.3 Å². The third kappa shape index (κ3) is 4.03. The second-order valence-electron chi connectivity index (χ2n) is 13.9. The van der Waals surface area contributed by atoms with E-state index >= 15 is 0 Å². The monoisotopic (exact) mass is 667 g/mol. The Bertz CT molecular complexity index is 2650. The second kappa shape index (κ2) is 11.0. The predicted molar refractivity (Wildman–Crippen MR) is 216 cm³/mol. The Morgan fingerprint density at radius 1 is 0.490 bits per heavy atom. The van der Waals surface area contributed by atoms with Crippen LogP contribution in [0.4, 0.5) is 17.1 Å². The summed E-state index contributed by atoms with van der Waals surface area (Å²) >= 11 is 1.92. The Labute approximate surface area is 302 Å².